The maximum atomic E-state index is 15.8. The first-order valence-corrected chi connectivity index (χ1v) is 22.0. The Labute approximate surface area is 385 Å². The number of fused-ring (bicyclic) bond motifs is 3. The highest BCUT2D eigenvalue weighted by atomic mass is 19.4. The number of alkyl halides is 3. The van der Waals surface area contributed by atoms with E-state index in [9.17, 15) is 0 Å². The van der Waals surface area contributed by atoms with Crippen LogP contribution in [0.4, 0.5) is 13.2 Å². The molecule has 0 aliphatic carbocycles. The normalized spacial score (nSPS) is 11.7. The van der Waals surface area contributed by atoms with Gasteiger partial charge in [0.05, 0.1) is 45.1 Å². The molecule has 0 radical (unpaired) electrons. The Kier molecular flexibility index (Phi) is 10.3. The lowest BCUT2D eigenvalue weighted by atomic mass is 9.96. The topological polar surface area (TPSA) is 56.5 Å². The zero-order valence-electron chi connectivity index (χ0n) is 36.5. The number of aromatic nitrogens is 5. The third kappa shape index (κ3) is 7.93. The number of benzene rings is 8. The average molecular weight is 876 g/mol. The van der Waals surface area contributed by atoms with E-state index in [1.165, 1.54) is 12.1 Å². The SMILES string of the molecule is Cc1cc(C)cc(-c2ccc3c4ccccc4n(-c4c(-c5cc(-c6ccccc6)nc(-c6ccccc6)n5)cc(C(F)(F)F)cc4-c4nc(-c5ccccc5)cc(-c5ccccc5)n4)c3c2)c1. The molecule has 8 aromatic carbocycles. The number of para-hydroxylation sites is 1. The largest absolute Gasteiger partial charge is 0.416 e. The molecule has 11 aromatic rings. The lowest BCUT2D eigenvalue weighted by Crippen LogP contribution is -2.11. The summed E-state index contributed by atoms with van der Waals surface area (Å²) in [5.41, 5.74) is 10.9. The Balaban J connectivity index is 1.32. The highest BCUT2D eigenvalue weighted by Crippen LogP contribution is 2.46. The van der Waals surface area contributed by atoms with Crippen molar-refractivity contribution in [2.24, 2.45) is 0 Å². The first-order chi connectivity index (χ1) is 32.6. The number of hydrogen-bond donors (Lipinski definition) is 0. The fourth-order valence-corrected chi connectivity index (χ4v) is 9.08. The van der Waals surface area contributed by atoms with Crippen molar-refractivity contribution < 1.29 is 13.2 Å². The van der Waals surface area contributed by atoms with Gasteiger partial charge in [-0.25, -0.2) is 19.9 Å². The lowest BCUT2D eigenvalue weighted by molar-refractivity contribution is -0.137. The molecule has 0 fully saturated rings. The van der Waals surface area contributed by atoms with Crippen molar-refractivity contribution in [3.63, 3.8) is 0 Å². The molecule has 5 nitrogen and oxygen atoms in total. The van der Waals surface area contributed by atoms with Crippen LogP contribution < -0.4 is 0 Å². The van der Waals surface area contributed by atoms with E-state index in [0.29, 0.717) is 34.3 Å². The molecule has 322 valence electrons. The molecule has 11 rings (SSSR count). The Bertz CT molecular complexity index is 3340. The second-order valence-electron chi connectivity index (χ2n) is 16.8. The summed E-state index contributed by atoms with van der Waals surface area (Å²) < 4.78 is 49.4. The van der Waals surface area contributed by atoms with Gasteiger partial charge in [0.25, 0.3) is 0 Å². The van der Waals surface area contributed by atoms with Gasteiger partial charge >= 0.3 is 6.18 Å². The monoisotopic (exact) mass is 875 g/mol. The molecule has 0 atom stereocenters. The van der Waals surface area contributed by atoms with E-state index >= 15 is 13.2 Å². The Hall–Kier alpha value is -8.49. The molecular formula is C59H40F3N5. The zero-order chi connectivity index (χ0) is 45.6. The molecule has 3 aromatic heterocycles. The molecule has 0 amide bonds. The van der Waals surface area contributed by atoms with E-state index in [0.717, 1.165) is 66.3 Å². The first-order valence-electron chi connectivity index (χ1n) is 22.0. The maximum absolute atomic E-state index is 15.8. The highest BCUT2D eigenvalue weighted by molar-refractivity contribution is 6.11. The Morgan fingerprint density at radius 2 is 0.821 bits per heavy atom. The molecule has 0 N–H and O–H groups in total. The van der Waals surface area contributed by atoms with Crippen LogP contribution in [0.3, 0.4) is 0 Å². The van der Waals surface area contributed by atoms with Crippen LogP contribution >= 0.6 is 0 Å². The molecule has 0 spiro atoms. The first kappa shape index (κ1) is 41.2. The molecular weight excluding hydrogens is 836 g/mol. The minimum absolute atomic E-state index is 0.125. The molecule has 67 heavy (non-hydrogen) atoms. The second-order valence-corrected chi connectivity index (χ2v) is 16.8. The third-order valence-electron chi connectivity index (χ3n) is 12.1. The Morgan fingerprint density at radius 3 is 1.39 bits per heavy atom. The van der Waals surface area contributed by atoms with Crippen LogP contribution in [-0.4, -0.2) is 24.5 Å². The quantitative estimate of drug-likeness (QED) is 0.153. The van der Waals surface area contributed by atoms with Crippen LogP contribution in [-0.2, 0) is 6.18 Å². The lowest BCUT2D eigenvalue weighted by Gasteiger charge is -2.22. The summed E-state index contributed by atoms with van der Waals surface area (Å²) >= 11 is 0. The molecule has 0 aliphatic rings. The van der Waals surface area contributed by atoms with Crippen LogP contribution in [0.25, 0.3) is 106 Å². The van der Waals surface area contributed by atoms with Gasteiger partial charge in [0.15, 0.2) is 11.6 Å². The van der Waals surface area contributed by atoms with Gasteiger partial charge in [-0.15, -0.1) is 0 Å². The van der Waals surface area contributed by atoms with Crippen molar-refractivity contribution in [2.75, 3.05) is 0 Å². The smallest absolute Gasteiger partial charge is 0.308 e. The summed E-state index contributed by atoms with van der Waals surface area (Å²) in [6, 6.07) is 65.3. The van der Waals surface area contributed by atoms with E-state index in [4.69, 9.17) is 19.9 Å². The number of aryl methyl sites for hydroxylation is 2. The molecule has 0 aliphatic heterocycles. The molecule has 3 heterocycles. The standard InChI is InChI=1S/C59H40F3N5/c1-37-29-38(2)31-44(30-37)43-27-28-47-46-25-15-16-26-54(46)67(55(47)32-43)56-48(53-36-52(41-21-11-5-12-22-41)63-57(66-53)42-23-13-6-14-24-42)33-45(59(60,61)62)34-49(56)58-64-50(39-17-7-3-8-18-39)35-51(65-58)40-19-9-4-10-20-40/h3-36H,1-2H3. The van der Waals surface area contributed by atoms with Crippen molar-refractivity contribution in [3.05, 3.63) is 223 Å². The number of nitrogens with zero attached hydrogens (tertiary/aromatic N) is 5. The van der Waals surface area contributed by atoms with Crippen molar-refractivity contribution in [1.82, 2.24) is 24.5 Å². The van der Waals surface area contributed by atoms with Crippen molar-refractivity contribution in [1.29, 1.82) is 0 Å². The van der Waals surface area contributed by atoms with Crippen LogP contribution in [0.1, 0.15) is 16.7 Å². The zero-order valence-corrected chi connectivity index (χ0v) is 36.5. The minimum Gasteiger partial charge on any atom is -0.308 e. The van der Waals surface area contributed by atoms with Gasteiger partial charge in [-0.2, -0.15) is 13.2 Å². The van der Waals surface area contributed by atoms with E-state index < -0.39 is 11.7 Å². The van der Waals surface area contributed by atoms with Gasteiger partial charge in [0.1, 0.15) is 0 Å². The fourth-order valence-electron chi connectivity index (χ4n) is 9.08. The van der Waals surface area contributed by atoms with Crippen LogP contribution in [0, 0.1) is 13.8 Å². The van der Waals surface area contributed by atoms with Crippen molar-refractivity contribution in [2.45, 2.75) is 20.0 Å². The Morgan fingerprint density at radius 1 is 0.358 bits per heavy atom. The van der Waals surface area contributed by atoms with Gasteiger partial charge < -0.3 is 4.57 Å². The predicted octanol–water partition coefficient (Wildman–Crippen LogP) is 15.7. The summed E-state index contributed by atoms with van der Waals surface area (Å²) in [7, 11) is 0. The highest BCUT2D eigenvalue weighted by Gasteiger charge is 2.35. The van der Waals surface area contributed by atoms with Gasteiger partial charge in [-0.1, -0.05) is 181 Å². The molecule has 0 saturated heterocycles. The number of halogens is 3. The van der Waals surface area contributed by atoms with E-state index in [-0.39, 0.29) is 17.0 Å². The summed E-state index contributed by atoms with van der Waals surface area (Å²) in [6.45, 7) is 4.16. The fraction of sp³-hybridized carbons (Fsp3) is 0.0508. The molecule has 0 saturated carbocycles. The van der Waals surface area contributed by atoms with Crippen LogP contribution in [0.15, 0.2) is 206 Å². The van der Waals surface area contributed by atoms with Crippen molar-refractivity contribution in [3.8, 4) is 84.6 Å². The molecule has 0 bridgehead atoms. The molecule has 0 unspecified atom stereocenters. The summed E-state index contributed by atoms with van der Waals surface area (Å²) in [6.07, 6.45) is -4.77. The van der Waals surface area contributed by atoms with Gasteiger partial charge in [0.2, 0.25) is 0 Å². The second kappa shape index (κ2) is 16.8. The minimum atomic E-state index is -4.77. The van der Waals surface area contributed by atoms with Crippen LogP contribution in [0.2, 0.25) is 0 Å². The summed E-state index contributed by atoms with van der Waals surface area (Å²) in [5, 5.41) is 1.87. The number of rotatable bonds is 8. The van der Waals surface area contributed by atoms with E-state index in [1.54, 1.807) is 6.07 Å². The van der Waals surface area contributed by atoms with Gasteiger partial charge in [0, 0.05) is 44.2 Å². The maximum Gasteiger partial charge on any atom is 0.416 e. The third-order valence-corrected chi connectivity index (χ3v) is 12.1. The molecule has 8 heteroatoms. The van der Waals surface area contributed by atoms with Crippen molar-refractivity contribution >= 4 is 21.8 Å². The summed E-state index contributed by atoms with van der Waals surface area (Å²) in [5.74, 6) is 0.495. The van der Waals surface area contributed by atoms with Gasteiger partial charge in [-0.05, 0) is 61.4 Å². The predicted molar refractivity (Wildman–Crippen MR) is 264 cm³/mol. The number of hydrogen-bond acceptors (Lipinski definition) is 4. The van der Waals surface area contributed by atoms with E-state index in [2.05, 4.69) is 60.9 Å². The van der Waals surface area contributed by atoms with E-state index in [1.807, 2.05) is 146 Å². The van der Waals surface area contributed by atoms with Crippen LogP contribution in [0.5, 0.6) is 0 Å². The van der Waals surface area contributed by atoms with Gasteiger partial charge in [-0.3, -0.25) is 0 Å². The average Bonchev–Trinajstić information content (AvgIpc) is 3.69. The summed E-state index contributed by atoms with van der Waals surface area (Å²) in [4.78, 5) is 20.6.